The summed E-state index contributed by atoms with van der Waals surface area (Å²) in [6.07, 6.45) is 0.903. The van der Waals surface area contributed by atoms with Gasteiger partial charge >= 0.3 is 0 Å². The third-order valence-corrected chi connectivity index (χ3v) is 3.21. The third-order valence-electron chi connectivity index (χ3n) is 3.21. The molecule has 0 amide bonds. The molecule has 0 saturated carbocycles. The SMILES string of the molecule is O[C@H]1/C(=C/c2ccccc2F)COc2ccccc21. The van der Waals surface area contributed by atoms with E-state index in [0.29, 0.717) is 16.9 Å². The maximum Gasteiger partial charge on any atom is 0.130 e. The molecule has 1 aliphatic heterocycles. The van der Waals surface area contributed by atoms with Crippen LogP contribution in [0.25, 0.3) is 6.08 Å². The van der Waals surface area contributed by atoms with Gasteiger partial charge in [-0.05, 0) is 18.2 Å². The first-order chi connectivity index (χ1) is 9.25. The average molecular weight is 256 g/mol. The molecular weight excluding hydrogens is 243 g/mol. The fraction of sp³-hybridized carbons (Fsp3) is 0.125. The first kappa shape index (κ1) is 11.9. The van der Waals surface area contributed by atoms with Crippen LogP contribution in [0.15, 0.2) is 54.1 Å². The highest BCUT2D eigenvalue weighted by Gasteiger charge is 2.23. The lowest BCUT2D eigenvalue weighted by molar-refractivity contribution is 0.172. The molecule has 1 aliphatic rings. The van der Waals surface area contributed by atoms with Gasteiger partial charge in [0.2, 0.25) is 0 Å². The fourth-order valence-electron chi connectivity index (χ4n) is 2.19. The predicted molar refractivity (Wildman–Crippen MR) is 71.3 cm³/mol. The maximum absolute atomic E-state index is 13.6. The largest absolute Gasteiger partial charge is 0.489 e. The zero-order chi connectivity index (χ0) is 13.2. The number of hydrogen-bond acceptors (Lipinski definition) is 2. The summed E-state index contributed by atoms with van der Waals surface area (Å²) in [5, 5.41) is 10.3. The van der Waals surface area contributed by atoms with Gasteiger partial charge in [-0.15, -0.1) is 0 Å². The highest BCUT2D eigenvalue weighted by Crippen LogP contribution is 2.35. The van der Waals surface area contributed by atoms with Crippen molar-refractivity contribution < 1.29 is 14.2 Å². The summed E-state index contributed by atoms with van der Waals surface area (Å²) in [5.41, 5.74) is 1.83. The topological polar surface area (TPSA) is 29.5 Å². The van der Waals surface area contributed by atoms with Gasteiger partial charge in [0.25, 0.3) is 0 Å². The van der Waals surface area contributed by atoms with E-state index in [1.807, 2.05) is 24.3 Å². The van der Waals surface area contributed by atoms with Gasteiger partial charge < -0.3 is 9.84 Å². The first-order valence-electron chi connectivity index (χ1n) is 6.10. The standard InChI is InChI=1S/C16H13FO2/c17-14-7-3-1-5-11(14)9-12-10-19-15-8-4-2-6-13(15)16(12)18/h1-9,16,18H,10H2/b12-9+/t16-/m0/s1. The van der Waals surface area contributed by atoms with Crippen molar-refractivity contribution in [3.63, 3.8) is 0 Å². The molecule has 3 heteroatoms. The van der Waals surface area contributed by atoms with Crippen molar-refractivity contribution in [1.82, 2.24) is 0 Å². The predicted octanol–water partition coefficient (Wildman–Crippen LogP) is 3.34. The van der Waals surface area contributed by atoms with Crippen LogP contribution in [0.4, 0.5) is 4.39 Å². The third kappa shape index (κ3) is 2.25. The molecule has 0 aromatic heterocycles. The van der Waals surface area contributed by atoms with Gasteiger partial charge in [-0.2, -0.15) is 0 Å². The Balaban J connectivity index is 1.98. The van der Waals surface area contributed by atoms with Crippen LogP contribution in [0.5, 0.6) is 5.75 Å². The number of halogens is 1. The van der Waals surface area contributed by atoms with Crippen LogP contribution in [0, 0.1) is 5.82 Å². The highest BCUT2D eigenvalue weighted by atomic mass is 19.1. The van der Waals surface area contributed by atoms with Crippen molar-refractivity contribution in [2.75, 3.05) is 6.61 Å². The lowest BCUT2D eigenvalue weighted by Crippen LogP contribution is -2.17. The van der Waals surface area contributed by atoms with Gasteiger partial charge in [-0.25, -0.2) is 4.39 Å². The number of para-hydroxylation sites is 1. The van der Waals surface area contributed by atoms with E-state index in [2.05, 4.69) is 0 Å². The smallest absolute Gasteiger partial charge is 0.130 e. The molecule has 0 spiro atoms. The second-order valence-corrected chi connectivity index (χ2v) is 4.47. The normalized spacial score (nSPS) is 19.9. The Hall–Kier alpha value is -2.13. The molecule has 0 bridgehead atoms. The Morgan fingerprint density at radius 2 is 1.84 bits per heavy atom. The molecule has 96 valence electrons. The summed E-state index contributed by atoms with van der Waals surface area (Å²) < 4.78 is 19.2. The number of rotatable bonds is 1. The molecule has 0 aliphatic carbocycles. The quantitative estimate of drug-likeness (QED) is 0.848. The van der Waals surface area contributed by atoms with Crippen molar-refractivity contribution >= 4 is 6.08 Å². The van der Waals surface area contributed by atoms with Gasteiger partial charge in [0.05, 0.1) is 0 Å². The highest BCUT2D eigenvalue weighted by molar-refractivity contribution is 5.57. The molecule has 2 aromatic rings. The molecular formula is C16H13FO2. The zero-order valence-electron chi connectivity index (χ0n) is 10.2. The second-order valence-electron chi connectivity index (χ2n) is 4.47. The number of benzene rings is 2. The van der Waals surface area contributed by atoms with Crippen LogP contribution < -0.4 is 4.74 Å². The summed E-state index contributed by atoms with van der Waals surface area (Å²) >= 11 is 0. The van der Waals surface area contributed by atoms with Crippen molar-refractivity contribution in [3.05, 3.63) is 71.0 Å². The molecule has 1 N–H and O–H groups in total. The van der Waals surface area contributed by atoms with Gasteiger partial charge in [-0.1, -0.05) is 36.4 Å². The van der Waals surface area contributed by atoms with E-state index in [9.17, 15) is 9.50 Å². The van der Waals surface area contributed by atoms with Crippen LogP contribution in [0.3, 0.4) is 0 Å². The lowest BCUT2D eigenvalue weighted by atomic mass is 9.97. The number of fused-ring (bicyclic) bond motifs is 1. The molecule has 2 nitrogen and oxygen atoms in total. The van der Waals surface area contributed by atoms with Gasteiger partial charge in [-0.3, -0.25) is 0 Å². The van der Waals surface area contributed by atoms with Crippen LogP contribution in [0.1, 0.15) is 17.2 Å². The number of aliphatic hydroxyl groups excluding tert-OH is 1. The van der Waals surface area contributed by atoms with Gasteiger partial charge in [0.1, 0.15) is 24.3 Å². The van der Waals surface area contributed by atoms with Crippen LogP contribution in [-0.2, 0) is 0 Å². The molecule has 0 saturated heterocycles. The van der Waals surface area contributed by atoms with Crippen LogP contribution in [0.2, 0.25) is 0 Å². The van der Waals surface area contributed by atoms with E-state index >= 15 is 0 Å². The van der Waals surface area contributed by atoms with E-state index in [0.717, 1.165) is 5.56 Å². The minimum atomic E-state index is -0.746. The van der Waals surface area contributed by atoms with Crippen molar-refractivity contribution in [2.24, 2.45) is 0 Å². The molecule has 0 unspecified atom stereocenters. The first-order valence-corrected chi connectivity index (χ1v) is 6.10. The average Bonchev–Trinajstić information content (AvgIpc) is 2.44. The van der Waals surface area contributed by atoms with E-state index in [-0.39, 0.29) is 12.4 Å². The van der Waals surface area contributed by atoms with Crippen LogP contribution in [-0.4, -0.2) is 11.7 Å². The summed E-state index contributed by atoms with van der Waals surface area (Å²) in [7, 11) is 0. The monoisotopic (exact) mass is 256 g/mol. The molecule has 1 atom stereocenters. The van der Waals surface area contributed by atoms with E-state index in [1.54, 1.807) is 24.3 Å². The Morgan fingerprint density at radius 3 is 2.68 bits per heavy atom. The lowest BCUT2D eigenvalue weighted by Gasteiger charge is -2.25. The Morgan fingerprint density at radius 1 is 1.11 bits per heavy atom. The van der Waals surface area contributed by atoms with Crippen LogP contribution >= 0.6 is 0 Å². The summed E-state index contributed by atoms with van der Waals surface area (Å²) in [4.78, 5) is 0. The molecule has 0 radical (unpaired) electrons. The molecule has 19 heavy (non-hydrogen) atoms. The summed E-state index contributed by atoms with van der Waals surface area (Å²) in [6.45, 7) is 0.270. The van der Waals surface area contributed by atoms with E-state index in [4.69, 9.17) is 4.74 Å². The number of hydrogen-bond donors (Lipinski definition) is 1. The number of aliphatic hydroxyl groups is 1. The van der Waals surface area contributed by atoms with Crippen molar-refractivity contribution in [2.45, 2.75) is 6.10 Å². The molecule has 2 aromatic carbocycles. The number of ether oxygens (including phenoxy) is 1. The summed E-state index contributed by atoms with van der Waals surface area (Å²) in [6, 6.07) is 13.8. The Kier molecular flexibility index (Phi) is 3.05. The van der Waals surface area contributed by atoms with Crippen molar-refractivity contribution in [3.8, 4) is 5.75 Å². The van der Waals surface area contributed by atoms with Crippen molar-refractivity contribution in [1.29, 1.82) is 0 Å². The Bertz CT molecular complexity index is 634. The van der Waals surface area contributed by atoms with Gasteiger partial charge in [0.15, 0.2) is 0 Å². The minimum absolute atomic E-state index is 0.270. The molecule has 0 fully saturated rings. The van der Waals surface area contributed by atoms with Gasteiger partial charge in [0, 0.05) is 16.7 Å². The fourth-order valence-corrected chi connectivity index (χ4v) is 2.19. The van der Waals surface area contributed by atoms with E-state index < -0.39 is 6.10 Å². The second kappa shape index (κ2) is 4.86. The maximum atomic E-state index is 13.6. The van der Waals surface area contributed by atoms with E-state index in [1.165, 1.54) is 6.07 Å². The molecule has 1 heterocycles. The summed E-state index contributed by atoms with van der Waals surface area (Å²) in [5.74, 6) is 0.377. The molecule has 3 rings (SSSR count). The zero-order valence-corrected chi connectivity index (χ0v) is 10.2. The minimum Gasteiger partial charge on any atom is -0.489 e. The Labute approximate surface area is 110 Å².